The minimum Gasteiger partial charge on any atom is -0.479 e. The zero-order valence-electron chi connectivity index (χ0n) is 12.1. The minimum atomic E-state index is -0.533. The Morgan fingerprint density at radius 1 is 1.39 bits per heavy atom. The average molecular weight is 334 g/mol. The van der Waals surface area contributed by atoms with Gasteiger partial charge in [-0.15, -0.1) is 6.42 Å². The van der Waals surface area contributed by atoms with Gasteiger partial charge in [-0.2, -0.15) is 0 Å². The Hall–Kier alpha value is -2.32. The topological polar surface area (TPSA) is 55.4 Å². The highest BCUT2D eigenvalue weighted by atomic mass is 35.5. The molecule has 1 unspecified atom stereocenters. The van der Waals surface area contributed by atoms with E-state index in [0.29, 0.717) is 36.0 Å². The zero-order valence-corrected chi connectivity index (χ0v) is 12.9. The van der Waals surface area contributed by atoms with Crippen LogP contribution in [0.25, 0.3) is 0 Å². The summed E-state index contributed by atoms with van der Waals surface area (Å²) in [4.78, 5) is 23.8. The molecule has 6 heteroatoms. The van der Waals surface area contributed by atoms with Crippen LogP contribution in [-0.2, 0) is 9.59 Å². The van der Waals surface area contributed by atoms with Crippen molar-refractivity contribution in [3.05, 3.63) is 39.7 Å². The lowest BCUT2D eigenvalue weighted by molar-refractivity contribution is -0.124. The third-order valence-corrected chi connectivity index (χ3v) is 4.37. The highest BCUT2D eigenvalue weighted by Crippen LogP contribution is 2.43. The number of imide groups is 1. The molecule has 3 rings (SSSR count). The number of rotatable bonds is 3. The Balaban J connectivity index is 2.06. The van der Waals surface area contributed by atoms with Crippen LogP contribution in [0.5, 0.6) is 5.75 Å². The molecule has 1 aliphatic carbocycles. The van der Waals surface area contributed by atoms with Gasteiger partial charge in [0.05, 0.1) is 5.02 Å². The van der Waals surface area contributed by atoms with Gasteiger partial charge in [-0.05, 0) is 37.0 Å². The molecule has 0 bridgehead atoms. The Morgan fingerprint density at radius 2 is 2.17 bits per heavy atom. The maximum Gasteiger partial charge on any atom is 0.255 e. The Kier molecular flexibility index (Phi) is 4.10. The smallest absolute Gasteiger partial charge is 0.255 e. The summed E-state index contributed by atoms with van der Waals surface area (Å²) in [5, 5.41) is 2.39. The third-order valence-electron chi connectivity index (χ3n) is 4.08. The highest BCUT2D eigenvalue weighted by molar-refractivity contribution is 6.32. The molecule has 0 saturated heterocycles. The summed E-state index contributed by atoms with van der Waals surface area (Å²) in [6.45, 7) is 0.00236. The molecule has 1 aliphatic heterocycles. The summed E-state index contributed by atoms with van der Waals surface area (Å²) in [5.74, 6) is 0.723. The second kappa shape index (κ2) is 6.05. The molecule has 1 aromatic carbocycles. The molecule has 0 radical (unpaired) electrons. The van der Waals surface area contributed by atoms with Gasteiger partial charge < -0.3 is 4.74 Å². The lowest BCUT2D eigenvalue weighted by Gasteiger charge is -2.24. The van der Waals surface area contributed by atoms with Gasteiger partial charge in [0.2, 0.25) is 0 Å². The number of hydrogen-bond acceptors (Lipinski definition) is 3. The predicted molar refractivity (Wildman–Crippen MR) is 82.5 cm³/mol. The first-order valence-electron chi connectivity index (χ1n) is 7.17. The maximum atomic E-state index is 14.4. The number of amides is 2. The summed E-state index contributed by atoms with van der Waals surface area (Å²) in [5.41, 5.74) is 1.09. The van der Waals surface area contributed by atoms with E-state index in [2.05, 4.69) is 11.2 Å². The Morgan fingerprint density at radius 3 is 2.91 bits per heavy atom. The quantitative estimate of drug-likeness (QED) is 0.683. The molecule has 0 spiro atoms. The number of terminal acetylenes is 1. The van der Waals surface area contributed by atoms with Crippen LogP contribution in [0.2, 0.25) is 5.02 Å². The van der Waals surface area contributed by atoms with Crippen molar-refractivity contribution in [2.45, 2.75) is 25.2 Å². The second-order valence-corrected chi connectivity index (χ2v) is 5.82. The molecule has 1 heterocycles. The van der Waals surface area contributed by atoms with Crippen LogP contribution in [0, 0.1) is 18.2 Å². The van der Waals surface area contributed by atoms with Crippen molar-refractivity contribution >= 4 is 23.4 Å². The molecule has 1 aromatic rings. The van der Waals surface area contributed by atoms with E-state index in [1.54, 1.807) is 0 Å². The normalized spacial score (nSPS) is 20.1. The fourth-order valence-corrected chi connectivity index (χ4v) is 3.31. The number of halogens is 2. The first-order chi connectivity index (χ1) is 11.0. The van der Waals surface area contributed by atoms with Crippen molar-refractivity contribution in [2.75, 3.05) is 6.61 Å². The molecule has 118 valence electrons. The van der Waals surface area contributed by atoms with Crippen LogP contribution in [-0.4, -0.2) is 18.4 Å². The van der Waals surface area contributed by atoms with Gasteiger partial charge in [0.25, 0.3) is 11.8 Å². The second-order valence-electron chi connectivity index (χ2n) is 5.42. The first kappa shape index (κ1) is 15.6. The van der Waals surface area contributed by atoms with Crippen molar-refractivity contribution < 1.29 is 18.7 Å². The van der Waals surface area contributed by atoms with Crippen molar-refractivity contribution in [1.82, 2.24) is 5.32 Å². The summed E-state index contributed by atoms with van der Waals surface area (Å²) >= 11 is 5.96. The van der Waals surface area contributed by atoms with Gasteiger partial charge in [0.15, 0.2) is 0 Å². The summed E-state index contributed by atoms with van der Waals surface area (Å²) in [6.07, 6.45) is 6.95. The number of benzene rings is 1. The number of carbonyl (C=O) groups is 2. The highest BCUT2D eigenvalue weighted by Gasteiger charge is 2.39. The molecule has 0 fully saturated rings. The zero-order chi connectivity index (χ0) is 16.6. The molecule has 0 aromatic heterocycles. The van der Waals surface area contributed by atoms with Crippen LogP contribution in [0.4, 0.5) is 4.39 Å². The van der Waals surface area contributed by atoms with Crippen LogP contribution >= 0.6 is 11.6 Å². The van der Waals surface area contributed by atoms with E-state index in [4.69, 9.17) is 22.8 Å². The van der Waals surface area contributed by atoms with E-state index in [9.17, 15) is 14.0 Å². The SMILES string of the molecule is C#CCOc1cc(C2CCCC3=C2C(=O)NC3=O)c(F)cc1Cl. The largest absolute Gasteiger partial charge is 0.479 e. The average Bonchev–Trinajstić information content (AvgIpc) is 2.82. The number of nitrogens with one attached hydrogen (secondary N) is 1. The van der Waals surface area contributed by atoms with Gasteiger partial charge >= 0.3 is 0 Å². The Labute approximate surface area is 137 Å². The number of carbonyl (C=O) groups excluding carboxylic acids is 2. The third kappa shape index (κ3) is 2.71. The fourth-order valence-electron chi connectivity index (χ4n) is 3.10. The molecule has 2 amide bonds. The van der Waals surface area contributed by atoms with E-state index in [1.165, 1.54) is 6.07 Å². The van der Waals surface area contributed by atoms with Crippen LogP contribution in [0.15, 0.2) is 23.3 Å². The van der Waals surface area contributed by atoms with E-state index in [-0.39, 0.29) is 23.3 Å². The molecule has 1 atom stereocenters. The number of ether oxygens (including phenoxy) is 1. The monoisotopic (exact) mass is 333 g/mol. The van der Waals surface area contributed by atoms with Crippen molar-refractivity contribution in [1.29, 1.82) is 0 Å². The van der Waals surface area contributed by atoms with E-state index >= 15 is 0 Å². The molecule has 0 saturated carbocycles. The predicted octanol–water partition coefficient (Wildman–Crippen LogP) is 2.71. The van der Waals surface area contributed by atoms with Crippen LogP contribution < -0.4 is 10.1 Å². The summed E-state index contributed by atoms with van der Waals surface area (Å²) in [7, 11) is 0. The number of hydrogen-bond donors (Lipinski definition) is 1. The van der Waals surface area contributed by atoms with Gasteiger partial charge in [0, 0.05) is 17.1 Å². The molecule has 1 N–H and O–H groups in total. The molecular formula is C17H13ClFNO3. The van der Waals surface area contributed by atoms with Crippen molar-refractivity contribution in [3.8, 4) is 18.1 Å². The van der Waals surface area contributed by atoms with Crippen LogP contribution in [0.3, 0.4) is 0 Å². The van der Waals surface area contributed by atoms with E-state index < -0.39 is 17.6 Å². The maximum absolute atomic E-state index is 14.4. The van der Waals surface area contributed by atoms with Crippen molar-refractivity contribution in [2.24, 2.45) is 0 Å². The van der Waals surface area contributed by atoms with Gasteiger partial charge in [-0.25, -0.2) is 4.39 Å². The van der Waals surface area contributed by atoms with Gasteiger partial charge in [-0.1, -0.05) is 17.5 Å². The lowest BCUT2D eigenvalue weighted by atomic mass is 9.79. The molecular weight excluding hydrogens is 321 g/mol. The molecule has 2 aliphatic rings. The van der Waals surface area contributed by atoms with Gasteiger partial charge in [-0.3, -0.25) is 14.9 Å². The van der Waals surface area contributed by atoms with Crippen LogP contribution in [0.1, 0.15) is 30.7 Å². The first-order valence-corrected chi connectivity index (χ1v) is 7.54. The molecule has 4 nitrogen and oxygen atoms in total. The van der Waals surface area contributed by atoms with E-state index in [0.717, 1.165) is 6.07 Å². The summed E-state index contributed by atoms with van der Waals surface area (Å²) < 4.78 is 19.7. The van der Waals surface area contributed by atoms with Gasteiger partial charge in [0.1, 0.15) is 18.2 Å². The standard InChI is InChI=1S/C17H13ClFNO3/c1-2-6-23-14-7-11(13(19)8-12(14)18)9-4-3-5-10-15(9)17(22)20-16(10)21/h1,7-9H,3-6H2,(H,20,21,22). The Bertz CT molecular complexity index is 779. The lowest BCUT2D eigenvalue weighted by Crippen LogP contribution is -2.24. The van der Waals surface area contributed by atoms with Crippen molar-refractivity contribution in [3.63, 3.8) is 0 Å². The fraction of sp³-hybridized carbons (Fsp3) is 0.294. The minimum absolute atomic E-state index is 0.00236. The van der Waals surface area contributed by atoms with E-state index in [1.807, 2.05) is 0 Å². The molecule has 23 heavy (non-hydrogen) atoms. The summed E-state index contributed by atoms with van der Waals surface area (Å²) in [6, 6.07) is 2.61.